The number of aliphatic hydroxyl groups is 1. The van der Waals surface area contributed by atoms with Crippen molar-refractivity contribution >= 4 is 0 Å². The smallest absolute Gasteiger partial charge is 0.202 e. The van der Waals surface area contributed by atoms with Crippen molar-refractivity contribution in [2.24, 2.45) is 0 Å². The maximum atomic E-state index is 9.54. The van der Waals surface area contributed by atoms with E-state index in [0.717, 1.165) is 12.8 Å². The minimum Gasteiger partial charge on any atom is -0.390 e. The van der Waals surface area contributed by atoms with Crippen LogP contribution in [0.25, 0.3) is 0 Å². The maximum absolute atomic E-state index is 9.54. The van der Waals surface area contributed by atoms with E-state index in [-0.39, 0.29) is 23.6 Å². The number of hydrogen-bond donors (Lipinski definition) is 2. The lowest BCUT2D eigenvalue weighted by molar-refractivity contribution is -1.02. The fourth-order valence-corrected chi connectivity index (χ4v) is 3.65. The van der Waals surface area contributed by atoms with Gasteiger partial charge in [0.25, 0.3) is 0 Å². The quantitative estimate of drug-likeness (QED) is 0.564. The van der Waals surface area contributed by atoms with Gasteiger partial charge in [0.1, 0.15) is 19.8 Å². The van der Waals surface area contributed by atoms with Gasteiger partial charge in [0.15, 0.2) is 5.54 Å². The van der Waals surface area contributed by atoms with Crippen molar-refractivity contribution in [3.05, 3.63) is 0 Å². The van der Waals surface area contributed by atoms with Crippen molar-refractivity contribution in [3.63, 3.8) is 0 Å². The summed E-state index contributed by atoms with van der Waals surface area (Å²) in [6, 6.07) is 0. The van der Waals surface area contributed by atoms with E-state index in [4.69, 9.17) is 9.47 Å². The number of quaternary nitrogens is 1. The maximum Gasteiger partial charge on any atom is 0.202 e. The van der Waals surface area contributed by atoms with Crippen LogP contribution in [0.15, 0.2) is 0 Å². The van der Waals surface area contributed by atoms with Crippen molar-refractivity contribution in [1.82, 2.24) is 0 Å². The zero-order chi connectivity index (χ0) is 10.0. The minimum absolute atomic E-state index is 0.131. The third kappa shape index (κ3) is 0.795. The number of aliphatic hydroxyl groups excluding tert-OH is 1. The van der Waals surface area contributed by atoms with Crippen LogP contribution < -0.4 is 4.90 Å². The molecule has 0 bridgehead atoms. The highest BCUT2D eigenvalue weighted by Gasteiger charge is 2.73. The minimum atomic E-state index is -0.194. The third-order valence-corrected chi connectivity index (χ3v) is 4.30. The molecule has 4 heteroatoms. The Hall–Kier alpha value is -0.160. The molecule has 0 aromatic rings. The first-order valence-corrected chi connectivity index (χ1v) is 5.32. The van der Waals surface area contributed by atoms with E-state index in [1.165, 1.54) is 4.90 Å². The molecule has 3 rings (SSSR count). The van der Waals surface area contributed by atoms with Crippen molar-refractivity contribution in [1.29, 1.82) is 0 Å². The van der Waals surface area contributed by atoms with Gasteiger partial charge in [-0.15, -0.1) is 0 Å². The summed E-state index contributed by atoms with van der Waals surface area (Å²) in [5.74, 6) is 0. The Kier molecular flexibility index (Phi) is 1.51. The summed E-state index contributed by atoms with van der Waals surface area (Å²) in [7, 11) is 0. The van der Waals surface area contributed by atoms with Crippen molar-refractivity contribution in [2.75, 3.05) is 19.8 Å². The molecule has 3 aliphatic heterocycles. The predicted molar refractivity (Wildman–Crippen MR) is 48.7 cm³/mol. The average molecular weight is 200 g/mol. The summed E-state index contributed by atoms with van der Waals surface area (Å²) in [5.41, 5.74) is -0.456. The highest BCUT2D eigenvalue weighted by molar-refractivity contribution is 4.97. The first kappa shape index (κ1) is 9.09. The molecule has 0 aromatic heterocycles. The van der Waals surface area contributed by atoms with E-state index in [0.29, 0.717) is 13.2 Å². The Labute approximate surface area is 83.8 Å². The molecule has 80 valence electrons. The molecule has 2 N–H and O–H groups in total. The van der Waals surface area contributed by atoms with Crippen LogP contribution in [0.2, 0.25) is 0 Å². The molecule has 0 saturated carbocycles. The van der Waals surface area contributed by atoms with E-state index in [2.05, 4.69) is 13.8 Å². The summed E-state index contributed by atoms with van der Waals surface area (Å²) in [6.07, 6.45) is 2.06. The molecule has 0 aliphatic carbocycles. The van der Waals surface area contributed by atoms with E-state index in [9.17, 15) is 5.11 Å². The average Bonchev–Trinajstić information content (AvgIpc) is 2.72. The van der Waals surface area contributed by atoms with Crippen LogP contribution in [0.5, 0.6) is 0 Å². The van der Waals surface area contributed by atoms with Gasteiger partial charge >= 0.3 is 0 Å². The molecule has 0 unspecified atom stereocenters. The first-order valence-electron chi connectivity index (χ1n) is 5.32. The van der Waals surface area contributed by atoms with Gasteiger partial charge in [-0.1, -0.05) is 0 Å². The summed E-state index contributed by atoms with van der Waals surface area (Å²) >= 11 is 0. The van der Waals surface area contributed by atoms with Gasteiger partial charge in [-0.05, 0) is 0 Å². The molecular formula is C10H18NO3+. The second-order valence-electron chi connectivity index (χ2n) is 5.35. The molecule has 0 aromatic carbocycles. The molecule has 2 atom stereocenters. The second kappa shape index (κ2) is 2.32. The lowest BCUT2D eigenvalue weighted by Gasteiger charge is -2.33. The summed E-state index contributed by atoms with van der Waals surface area (Å²) in [5, 5.41) is 9.54. The fourth-order valence-electron chi connectivity index (χ4n) is 3.65. The Balaban J connectivity index is 2.08. The molecule has 0 radical (unpaired) electrons. The molecule has 0 spiro atoms. The standard InChI is InChI=1S/C10H17NO3/c1-8-3-4-9(2)11(8)10(5-12,6-13-8)7-14-9/h12H,3-7H2,1-2H3/p+1/t8-,9-/m1/s1. The van der Waals surface area contributed by atoms with E-state index < -0.39 is 0 Å². The van der Waals surface area contributed by atoms with Gasteiger partial charge in [-0.2, -0.15) is 0 Å². The van der Waals surface area contributed by atoms with Gasteiger partial charge in [0.2, 0.25) is 11.4 Å². The Morgan fingerprint density at radius 1 is 1.14 bits per heavy atom. The van der Waals surface area contributed by atoms with Crippen molar-refractivity contribution in [3.8, 4) is 0 Å². The van der Waals surface area contributed by atoms with Crippen LogP contribution in [0.1, 0.15) is 26.7 Å². The Bertz CT molecular complexity index is 261. The number of hydrogen-bond acceptors (Lipinski definition) is 3. The highest BCUT2D eigenvalue weighted by atomic mass is 16.6. The van der Waals surface area contributed by atoms with Crippen LogP contribution in [-0.4, -0.2) is 41.9 Å². The molecule has 3 aliphatic rings. The van der Waals surface area contributed by atoms with Gasteiger partial charge < -0.3 is 14.6 Å². The summed E-state index contributed by atoms with van der Waals surface area (Å²) < 4.78 is 11.8. The molecule has 0 amide bonds. The van der Waals surface area contributed by atoms with E-state index in [1.807, 2.05) is 0 Å². The van der Waals surface area contributed by atoms with Crippen LogP contribution >= 0.6 is 0 Å². The van der Waals surface area contributed by atoms with Crippen LogP contribution in [0, 0.1) is 0 Å². The summed E-state index contributed by atoms with van der Waals surface area (Å²) in [4.78, 5) is 1.32. The number of ether oxygens (including phenoxy) is 2. The Morgan fingerprint density at radius 3 is 2.07 bits per heavy atom. The molecular weight excluding hydrogens is 182 g/mol. The highest BCUT2D eigenvalue weighted by Crippen LogP contribution is 2.38. The SMILES string of the molecule is C[C@]12CC[C@@]3(C)OCC(CO)(CO1)[NH+]23. The van der Waals surface area contributed by atoms with Gasteiger partial charge in [-0.3, -0.25) is 4.90 Å². The monoisotopic (exact) mass is 200 g/mol. The van der Waals surface area contributed by atoms with Crippen LogP contribution in [0.4, 0.5) is 0 Å². The second-order valence-corrected chi connectivity index (χ2v) is 5.35. The van der Waals surface area contributed by atoms with Crippen LogP contribution in [0.3, 0.4) is 0 Å². The van der Waals surface area contributed by atoms with Crippen LogP contribution in [-0.2, 0) is 9.47 Å². The van der Waals surface area contributed by atoms with Gasteiger partial charge in [-0.25, -0.2) is 0 Å². The first-order chi connectivity index (χ1) is 6.55. The summed E-state index contributed by atoms with van der Waals surface area (Å²) in [6.45, 7) is 5.70. The molecule has 3 fully saturated rings. The van der Waals surface area contributed by atoms with Crippen molar-refractivity contribution in [2.45, 2.75) is 43.7 Å². The van der Waals surface area contributed by atoms with Gasteiger partial charge in [0, 0.05) is 26.7 Å². The third-order valence-electron chi connectivity index (χ3n) is 4.30. The fraction of sp³-hybridized carbons (Fsp3) is 1.00. The Morgan fingerprint density at radius 2 is 1.64 bits per heavy atom. The molecule has 14 heavy (non-hydrogen) atoms. The lowest BCUT2D eigenvalue weighted by Crippen LogP contribution is -3.27. The van der Waals surface area contributed by atoms with E-state index in [1.54, 1.807) is 0 Å². The molecule has 4 nitrogen and oxygen atoms in total. The zero-order valence-corrected chi connectivity index (χ0v) is 8.80. The van der Waals surface area contributed by atoms with Crippen molar-refractivity contribution < 1.29 is 19.5 Å². The lowest BCUT2D eigenvalue weighted by atomic mass is 10.0. The number of rotatable bonds is 1. The van der Waals surface area contributed by atoms with E-state index >= 15 is 0 Å². The zero-order valence-electron chi connectivity index (χ0n) is 8.80. The van der Waals surface area contributed by atoms with Gasteiger partial charge in [0.05, 0.1) is 0 Å². The largest absolute Gasteiger partial charge is 0.390 e. The predicted octanol–water partition coefficient (Wildman–Crippen LogP) is -1.11. The molecule has 3 heterocycles. The normalized spacial score (nSPS) is 60.6. The topological polar surface area (TPSA) is 43.1 Å². The molecule has 3 saturated heterocycles. The number of nitrogens with one attached hydrogen (secondary N) is 1.